The molecule has 3 aromatic carbocycles. The van der Waals surface area contributed by atoms with Crippen molar-refractivity contribution >= 4 is 23.3 Å². The van der Waals surface area contributed by atoms with E-state index in [0.717, 1.165) is 17.2 Å². The zero-order valence-corrected chi connectivity index (χ0v) is 14.8. The summed E-state index contributed by atoms with van der Waals surface area (Å²) in [5.41, 5.74) is 7.03. The lowest BCUT2D eigenvalue weighted by Crippen LogP contribution is -2.41. The smallest absolute Gasteiger partial charge is 0.270 e. The fourth-order valence-electron chi connectivity index (χ4n) is 3.19. The predicted molar refractivity (Wildman–Crippen MR) is 103 cm³/mol. The fourth-order valence-corrected chi connectivity index (χ4v) is 3.19. The Morgan fingerprint density at radius 1 is 0.724 bits per heavy atom. The number of carbonyl (C=O) groups is 3. The first kappa shape index (κ1) is 18.1. The van der Waals surface area contributed by atoms with Gasteiger partial charge in [-0.25, -0.2) is 0 Å². The van der Waals surface area contributed by atoms with Crippen molar-refractivity contribution in [1.29, 1.82) is 0 Å². The number of non-ortho nitro benzene ring substituents is 1. The Kier molecular flexibility index (Phi) is 4.36. The van der Waals surface area contributed by atoms with E-state index < -0.39 is 16.7 Å². The first-order chi connectivity index (χ1) is 14.0. The summed E-state index contributed by atoms with van der Waals surface area (Å²) in [6.45, 7) is 0. The molecule has 29 heavy (non-hydrogen) atoms. The molecule has 0 aromatic heterocycles. The van der Waals surface area contributed by atoms with Crippen molar-refractivity contribution in [2.75, 3.05) is 0 Å². The van der Waals surface area contributed by atoms with Crippen molar-refractivity contribution in [1.82, 2.24) is 10.9 Å². The van der Waals surface area contributed by atoms with Crippen LogP contribution in [0.5, 0.6) is 0 Å². The number of rotatable bonds is 3. The summed E-state index contributed by atoms with van der Waals surface area (Å²) < 4.78 is 0. The molecule has 0 unspecified atom stereocenters. The van der Waals surface area contributed by atoms with Crippen molar-refractivity contribution in [3.8, 4) is 11.1 Å². The highest BCUT2D eigenvalue weighted by Gasteiger charge is 2.27. The number of hydrogen-bond acceptors (Lipinski definition) is 5. The molecule has 0 radical (unpaired) electrons. The van der Waals surface area contributed by atoms with Crippen LogP contribution < -0.4 is 10.9 Å². The van der Waals surface area contributed by atoms with Gasteiger partial charge in [0.05, 0.1) is 4.92 Å². The Morgan fingerprint density at radius 3 is 2.03 bits per heavy atom. The van der Waals surface area contributed by atoms with Crippen LogP contribution in [0.3, 0.4) is 0 Å². The second-order valence-electron chi connectivity index (χ2n) is 6.35. The molecular weight excluding hydrogens is 374 g/mol. The standard InChI is InChI=1S/C21H13N3O5/c25-19-17-7-2-1-6-15(17)16-9-8-13(11-18(16)19)21(27)23-22-20(26)12-4-3-5-14(10-12)24(28)29/h1-11H,(H,22,26)(H,23,27). The van der Waals surface area contributed by atoms with Crippen LogP contribution in [0.1, 0.15) is 36.6 Å². The second kappa shape index (κ2) is 7.01. The van der Waals surface area contributed by atoms with Crippen LogP contribution in [0.2, 0.25) is 0 Å². The maximum Gasteiger partial charge on any atom is 0.270 e. The number of hydrogen-bond donors (Lipinski definition) is 2. The molecule has 0 atom stereocenters. The molecule has 1 aliphatic carbocycles. The molecule has 1 aliphatic rings. The molecule has 142 valence electrons. The Hall–Kier alpha value is -4.33. The summed E-state index contributed by atoms with van der Waals surface area (Å²) >= 11 is 0. The van der Waals surface area contributed by atoms with Gasteiger partial charge < -0.3 is 0 Å². The molecule has 2 amide bonds. The van der Waals surface area contributed by atoms with Gasteiger partial charge in [0.15, 0.2) is 5.78 Å². The first-order valence-corrected chi connectivity index (χ1v) is 8.59. The molecule has 0 spiro atoms. The maximum absolute atomic E-state index is 12.5. The molecule has 0 heterocycles. The number of fused-ring (bicyclic) bond motifs is 3. The van der Waals surface area contributed by atoms with E-state index in [9.17, 15) is 24.5 Å². The maximum atomic E-state index is 12.5. The van der Waals surface area contributed by atoms with Gasteiger partial charge in [0.1, 0.15) is 0 Å². The van der Waals surface area contributed by atoms with Crippen LogP contribution in [0.15, 0.2) is 66.7 Å². The average Bonchev–Trinajstić information content (AvgIpc) is 3.04. The molecule has 8 heteroatoms. The Bertz CT molecular complexity index is 1200. The van der Waals surface area contributed by atoms with Gasteiger partial charge in [-0.15, -0.1) is 0 Å². The summed E-state index contributed by atoms with van der Waals surface area (Å²) in [7, 11) is 0. The minimum absolute atomic E-state index is 0.0269. The predicted octanol–water partition coefficient (Wildman–Crippen LogP) is 2.88. The molecule has 0 fully saturated rings. The van der Waals surface area contributed by atoms with Crippen molar-refractivity contribution in [3.05, 3.63) is 99.1 Å². The topological polar surface area (TPSA) is 118 Å². The van der Waals surface area contributed by atoms with Crippen molar-refractivity contribution in [2.45, 2.75) is 0 Å². The highest BCUT2D eigenvalue weighted by Crippen LogP contribution is 2.36. The quantitative estimate of drug-likeness (QED) is 0.414. The molecule has 0 saturated heterocycles. The van der Waals surface area contributed by atoms with Gasteiger partial charge in [-0.05, 0) is 29.3 Å². The highest BCUT2D eigenvalue weighted by atomic mass is 16.6. The Labute approximate surface area is 164 Å². The van der Waals surface area contributed by atoms with Gasteiger partial charge in [-0.3, -0.25) is 35.3 Å². The zero-order valence-electron chi connectivity index (χ0n) is 14.8. The van der Waals surface area contributed by atoms with Crippen molar-refractivity contribution in [2.24, 2.45) is 0 Å². The van der Waals surface area contributed by atoms with Gasteiger partial charge in [0.2, 0.25) is 0 Å². The Morgan fingerprint density at radius 2 is 1.34 bits per heavy atom. The van der Waals surface area contributed by atoms with E-state index in [1.807, 2.05) is 12.1 Å². The highest BCUT2D eigenvalue weighted by molar-refractivity contribution is 6.22. The zero-order chi connectivity index (χ0) is 20.5. The molecule has 3 aromatic rings. The van der Waals surface area contributed by atoms with E-state index >= 15 is 0 Å². The van der Waals surface area contributed by atoms with Gasteiger partial charge in [-0.2, -0.15) is 0 Å². The molecule has 8 nitrogen and oxygen atoms in total. The number of benzene rings is 3. The number of hydrazine groups is 1. The molecular formula is C21H13N3O5. The van der Waals surface area contributed by atoms with Crippen LogP contribution in [0, 0.1) is 10.1 Å². The van der Waals surface area contributed by atoms with Crippen molar-refractivity contribution in [3.63, 3.8) is 0 Å². The number of nitrogens with zero attached hydrogens (tertiary/aromatic N) is 1. The molecule has 0 saturated carbocycles. The van der Waals surface area contributed by atoms with E-state index in [1.165, 1.54) is 24.3 Å². The third-order valence-corrected chi connectivity index (χ3v) is 4.60. The number of amides is 2. The Balaban J connectivity index is 1.49. The van der Waals surface area contributed by atoms with E-state index in [2.05, 4.69) is 10.9 Å². The number of nitro groups is 1. The monoisotopic (exact) mass is 387 g/mol. The molecule has 0 aliphatic heterocycles. The number of nitrogens with one attached hydrogen (secondary N) is 2. The number of nitro benzene ring substituents is 1. The second-order valence-corrected chi connectivity index (χ2v) is 6.35. The SMILES string of the molecule is O=C(NNC(=O)c1ccc2c(c1)C(=O)c1ccccc1-2)c1cccc([N+](=O)[O-])c1. The van der Waals surface area contributed by atoms with Gasteiger partial charge >= 0.3 is 0 Å². The van der Waals surface area contributed by atoms with E-state index in [1.54, 1.807) is 24.3 Å². The van der Waals surface area contributed by atoms with E-state index in [4.69, 9.17) is 0 Å². The fraction of sp³-hybridized carbons (Fsp3) is 0. The summed E-state index contributed by atoms with van der Waals surface area (Å²) in [6.07, 6.45) is 0. The van der Waals surface area contributed by atoms with Crippen LogP contribution >= 0.6 is 0 Å². The van der Waals surface area contributed by atoms with Crippen LogP contribution in [0.25, 0.3) is 11.1 Å². The van der Waals surface area contributed by atoms with Crippen molar-refractivity contribution < 1.29 is 19.3 Å². The third-order valence-electron chi connectivity index (χ3n) is 4.60. The van der Waals surface area contributed by atoms with Crippen LogP contribution in [0.4, 0.5) is 5.69 Å². The van der Waals surface area contributed by atoms with Crippen LogP contribution in [-0.4, -0.2) is 22.5 Å². The van der Waals surface area contributed by atoms with Gasteiger partial charge in [0.25, 0.3) is 17.5 Å². The number of ketones is 1. The summed E-state index contributed by atoms with van der Waals surface area (Å²) in [5.74, 6) is -1.48. The number of carbonyl (C=O) groups excluding carboxylic acids is 3. The average molecular weight is 387 g/mol. The van der Waals surface area contributed by atoms with Crippen LogP contribution in [-0.2, 0) is 0 Å². The largest absolute Gasteiger partial charge is 0.289 e. The lowest BCUT2D eigenvalue weighted by molar-refractivity contribution is -0.384. The summed E-state index contributed by atoms with van der Waals surface area (Å²) in [6, 6.07) is 17.0. The molecule has 2 N–H and O–H groups in total. The van der Waals surface area contributed by atoms with E-state index in [-0.39, 0.29) is 22.6 Å². The molecule has 4 rings (SSSR count). The normalized spacial score (nSPS) is 11.4. The third kappa shape index (κ3) is 3.23. The van der Waals surface area contributed by atoms with E-state index in [0.29, 0.717) is 11.1 Å². The molecule has 0 bridgehead atoms. The summed E-state index contributed by atoms with van der Waals surface area (Å²) in [4.78, 5) is 47.3. The van der Waals surface area contributed by atoms with Gasteiger partial charge in [-0.1, -0.05) is 36.4 Å². The lowest BCUT2D eigenvalue weighted by Gasteiger charge is -2.08. The minimum Gasteiger partial charge on any atom is -0.289 e. The minimum atomic E-state index is -0.702. The summed E-state index contributed by atoms with van der Waals surface area (Å²) in [5, 5.41) is 10.8. The lowest BCUT2D eigenvalue weighted by atomic mass is 10.0. The first-order valence-electron chi connectivity index (χ1n) is 8.59. The van der Waals surface area contributed by atoms with Gasteiger partial charge in [0, 0.05) is 34.4 Å².